The Hall–Kier alpha value is -2.36. The number of aryl methyl sites for hydroxylation is 2. The van der Waals surface area contributed by atoms with E-state index in [1.165, 1.54) is 5.56 Å². The fourth-order valence-electron chi connectivity index (χ4n) is 2.41. The molecule has 122 valence electrons. The first-order valence-electron chi connectivity index (χ1n) is 8.07. The minimum absolute atomic E-state index is 0.181. The summed E-state index contributed by atoms with van der Waals surface area (Å²) in [7, 11) is 2.04. The Morgan fingerprint density at radius 3 is 2.61 bits per heavy atom. The Labute approximate surface area is 138 Å². The zero-order valence-electron chi connectivity index (χ0n) is 14.4. The maximum absolute atomic E-state index is 12.3. The van der Waals surface area contributed by atoms with Crippen LogP contribution >= 0.6 is 0 Å². The second-order valence-corrected chi connectivity index (χ2v) is 5.95. The predicted octanol–water partition coefficient (Wildman–Crippen LogP) is 4.19. The number of nitrogens with zero attached hydrogens (tertiary/aromatic N) is 2. The molecule has 1 N–H and O–H groups in total. The standard InChI is InChI=1S/C19H25N3O/c1-5-6-11-22(4)16-8-10-18(20-13-16)19(23)21-17-9-7-14(2)12-15(17)3/h7-10,12-13H,5-6,11H2,1-4H3,(H,21,23). The molecule has 0 aliphatic carbocycles. The molecule has 0 spiro atoms. The molecule has 4 nitrogen and oxygen atoms in total. The van der Waals surface area contributed by atoms with Crippen LogP contribution in [0.1, 0.15) is 41.4 Å². The summed E-state index contributed by atoms with van der Waals surface area (Å²) in [4.78, 5) is 18.8. The monoisotopic (exact) mass is 311 g/mol. The summed E-state index contributed by atoms with van der Waals surface area (Å²) in [5.74, 6) is -0.181. The summed E-state index contributed by atoms with van der Waals surface area (Å²) < 4.78 is 0. The minimum Gasteiger partial charge on any atom is -0.373 e. The summed E-state index contributed by atoms with van der Waals surface area (Å²) in [6.45, 7) is 7.19. The van der Waals surface area contributed by atoms with Crippen LogP contribution in [0.3, 0.4) is 0 Å². The van der Waals surface area contributed by atoms with Gasteiger partial charge in [0.15, 0.2) is 0 Å². The number of carbonyl (C=O) groups excluding carboxylic acids is 1. The van der Waals surface area contributed by atoms with Crippen LogP contribution in [0.2, 0.25) is 0 Å². The Kier molecular flexibility index (Phi) is 5.74. The van der Waals surface area contributed by atoms with E-state index < -0.39 is 0 Å². The van der Waals surface area contributed by atoms with Gasteiger partial charge in [0.05, 0.1) is 11.9 Å². The molecule has 1 aromatic heterocycles. The van der Waals surface area contributed by atoms with Crippen molar-refractivity contribution in [2.24, 2.45) is 0 Å². The fourth-order valence-corrected chi connectivity index (χ4v) is 2.41. The molecule has 0 fully saturated rings. The van der Waals surface area contributed by atoms with Crippen LogP contribution in [-0.4, -0.2) is 24.5 Å². The number of rotatable bonds is 6. The third-order valence-electron chi connectivity index (χ3n) is 3.90. The van der Waals surface area contributed by atoms with E-state index in [2.05, 4.69) is 28.2 Å². The summed E-state index contributed by atoms with van der Waals surface area (Å²) in [5.41, 5.74) is 4.51. The van der Waals surface area contributed by atoms with E-state index in [0.717, 1.165) is 36.3 Å². The first-order valence-corrected chi connectivity index (χ1v) is 8.07. The number of anilines is 2. The average Bonchev–Trinajstić information content (AvgIpc) is 2.55. The van der Waals surface area contributed by atoms with Crippen molar-refractivity contribution in [2.45, 2.75) is 33.6 Å². The SMILES string of the molecule is CCCCN(C)c1ccc(C(=O)Nc2ccc(C)cc2C)nc1. The van der Waals surface area contributed by atoms with E-state index in [1.54, 1.807) is 12.3 Å². The Morgan fingerprint density at radius 2 is 2.00 bits per heavy atom. The van der Waals surface area contributed by atoms with Crippen molar-refractivity contribution in [3.05, 3.63) is 53.3 Å². The third kappa shape index (κ3) is 4.55. The highest BCUT2D eigenvalue weighted by molar-refractivity contribution is 6.03. The first-order chi connectivity index (χ1) is 11.0. The lowest BCUT2D eigenvalue weighted by Crippen LogP contribution is -2.19. The van der Waals surface area contributed by atoms with E-state index in [4.69, 9.17) is 0 Å². The van der Waals surface area contributed by atoms with Crippen molar-refractivity contribution in [3.63, 3.8) is 0 Å². The van der Waals surface area contributed by atoms with Gasteiger partial charge >= 0.3 is 0 Å². The second kappa shape index (κ2) is 7.77. The molecular formula is C19H25N3O. The summed E-state index contributed by atoms with van der Waals surface area (Å²) in [6, 6.07) is 9.68. The third-order valence-corrected chi connectivity index (χ3v) is 3.90. The topological polar surface area (TPSA) is 45.2 Å². The molecule has 0 aliphatic heterocycles. The van der Waals surface area contributed by atoms with Crippen LogP contribution in [0.25, 0.3) is 0 Å². The molecule has 23 heavy (non-hydrogen) atoms. The van der Waals surface area contributed by atoms with Crippen LogP contribution in [0.15, 0.2) is 36.5 Å². The van der Waals surface area contributed by atoms with E-state index in [-0.39, 0.29) is 5.91 Å². The predicted molar refractivity (Wildman–Crippen MR) is 96.3 cm³/mol. The van der Waals surface area contributed by atoms with Gasteiger partial charge in [0.1, 0.15) is 5.69 Å². The molecule has 1 amide bonds. The molecule has 0 atom stereocenters. The Balaban J connectivity index is 2.05. The quantitative estimate of drug-likeness (QED) is 0.870. The first kappa shape index (κ1) is 17.0. The molecule has 0 saturated carbocycles. The lowest BCUT2D eigenvalue weighted by molar-refractivity contribution is 0.102. The van der Waals surface area contributed by atoms with Crippen molar-refractivity contribution in [2.75, 3.05) is 23.8 Å². The number of hydrogen-bond donors (Lipinski definition) is 1. The fraction of sp³-hybridized carbons (Fsp3) is 0.368. The van der Waals surface area contributed by atoms with Crippen LogP contribution in [0.5, 0.6) is 0 Å². The molecule has 2 aromatic rings. The van der Waals surface area contributed by atoms with Crippen LogP contribution < -0.4 is 10.2 Å². The van der Waals surface area contributed by atoms with Crippen molar-refractivity contribution in [1.82, 2.24) is 4.98 Å². The van der Waals surface area contributed by atoms with Crippen molar-refractivity contribution >= 4 is 17.3 Å². The summed E-state index contributed by atoms with van der Waals surface area (Å²) >= 11 is 0. The molecule has 0 aliphatic rings. The van der Waals surface area contributed by atoms with Gasteiger partial charge in [-0.3, -0.25) is 4.79 Å². The number of carbonyl (C=O) groups is 1. The molecule has 0 saturated heterocycles. The van der Waals surface area contributed by atoms with Gasteiger partial charge < -0.3 is 10.2 Å². The molecule has 0 bridgehead atoms. The molecule has 0 unspecified atom stereocenters. The number of amides is 1. The van der Waals surface area contributed by atoms with E-state index in [1.807, 2.05) is 39.1 Å². The van der Waals surface area contributed by atoms with E-state index >= 15 is 0 Å². The van der Waals surface area contributed by atoms with Crippen LogP contribution in [0, 0.1) is 13.8 Å². The molecule has 2 rings (SSSR count). The van der Waals surface area contributed by atoms with Crippen LogP contribution in [-0.2, 0) is 0 Å². The number of unbranched alkanes of at least 4 members (excludes halogenated alkanes) is 1. The van der Waals surface area contributed by atoms with E-state index in [0.29, 0.717) is 5.69 Å². The molecule has 4 heteroatoms. The lowest BCUT2D eigenvalue weighted by Gasteiger charge is -2.18. The smallest absolute Gasteiger partial charge is 0.274 e. The van der Waals surface area contributed by atoms with Gasteiger partial charge in [-0.15, -0.1) is 0 Å². The number of nitrogens with one attached hydrogen (secondary N) is 1. The largest absolute Gasteiger partial charge is 0.373 e. The Morgan fingerprint density at radius 1 is 1.22 bits per heavy atom. The summed E-state index contributed by atoms with van der Waals surface area (Å²) in [6.07, 6.45) is 4.06. The van der Waals surface area contributed by atoms with Crippen LogP contribution in [0.4, 0.5) is 11.4 Å². The van der Waals surface area contributed by atoms with Gasteiger partial charge in [-0.2, -0.15) is 0 Å². The highest BCUT2D eigenvalue weighted by atomic mass is 16.1. The van der Waals surface area contributed by atoms with E-state index in [9.17, 15) is 4.79 Å². The second-order valence-electron chi connectivity index (χ2n) is 5.95. The number of hydrogen-bond acceptors (Lipinski definition) is 3. The maximum atomic E-state index is 12.3. The van der Waals surface area contributed by atoms with Gasteiger partial charge in [0, 0.05) is 19.3 Å². The molecule has 1 heterocycles. The normalized spacial score (nSPS) is 10.4. The van der Waals surface area contributed by atoms with Crippen molar-refractivity contribution in [1.29, 1.82) is 0 Å². The van der Waals surface area contributed by atoms with Gasteiger partial charge in [-0.25, -0.2) is 4.98 Å². The minimum atomic E-state index is -0.181. The summed E-state index contributed by atoms with van der Waals surface area (Å²) in [5, 5.41) is 2.92. The van der Waals surface area contributed by atoms with Gasteiger partial charge in [0.25, 0.3) is 5.91 Å². The number of benzene rings is 1. The van der Waals surface area contributed by atoms with Gasteiger partial charge in [-0.05, 0) is 44.0 Å². The number of aromatic nitrogens is 1. The highest BCUT2D eigenvalue weighted by Gasteiger charge is 2.10. The highest BCUT2D eigenvalue weighted by Crippen LogP contribution is 2.17. The van der Waals surface area contributed by atoms with Crippen molar-refractivity contribution in [3.8, 4) is 0 Å². The molecule has 1 aromatic carbocycles. The molecular weight excluding hydrogens is 286 g/mol. The zero-order chi connectivity index (χ0) is 16.8. The van der Waals surface area contributed by atoms with Crippen molar-refractivity contribution < 1.29 is 4.79 Å². The maximum Gasteiger partial charge on any atom is 0.274 e. The van der Waals surface area contributed by atoms with Gasteiger partial charge in [-0.1, -0.05) is 31.0 Å². The number of pyridine rings is 1. The lowest BCUT2D eigenvalue weighted by atomic mass is 10.1. The van der Waals surface area contributed by atoms with Gasteiger partial charge in [0.2, 0.25) is 0 Å². The Bertz CT molecular complexity index is 665. The molecule has 0 radical (unpaired) electrons. The zero-order valence-corrected chi connectivity index (χ0v) is 14.4. The average molecular weight is 311 g/mol.